The summed E-state index contributed by atoms with van der Waals surface area (Å²) in [4.78, 5) is 4.52. The van der Waals surface area contributed by atoms with Crippen molar-refractivity contribution in [1.82, 2.24) is 4.98 Å². The highest BCUT2D eigenvalue weighted by Crippen LogP contribution is 2.50. The van der Waals surface area contributed by atoms with E-state index in [0.717, 1.165) is 62.0 Å². The molecule has 5 heteroatoms. The zero-order valence-corrected chi connectivity index (χ0v) is 24.9. The van der Waals surface area contributed by atoms with Gasteiger partial charge in [0.2, 0.25) is 0 Å². The van der Waals surface area contributed by atoms with Crippen LogP contribution < -0.4 is 30.6 Å². The van der Waals surface area contributed by atoms with Crippen LogP contribution in [0.1, 0.15) is 87.2 Å². The molecule has 0 bridgehead atoms. The molecule has 4 nitrogen and oxygen atoms in total. The van der Waals surface area contributed by atoms with Gasteiger partial charge in [0.25, 0.3) is 6.71 Å². The zero-order valence-electron chi connectivity index (χ0n) is 24.9. The summed E-state index contributed by atoms with van der Waals surface area (Å²) in [6.07, 6.45) is 14.6. The SMILES string of the molecule is c1cnc2ccc(-c3cc4c5c(c3)Oc3ccc(C6CCCCC6)c6c3B5c3c(ccc(C5CCCCC5)c3O6)O4)cc2c1. The Morgan fingerprint density at radius 1 is 0.545 bits per heavy atom. The minimum absolute atomic E-state index is 0.0492. The van der Waals surface area contributed by atoms with Crippen LogP contribution in [0.25, 0.3) is 22.0 Å². The van der Waals surface area contributed by atoms with E-state index in [4.69, 9.17) is 14.2 Å². The highest BCUT2D eigenvalue weighted by atomic mass is 16.5. The predicted octanol–water partition coefficient (Wildman–Crippen LogP) is 8.83. The third-order valence-electron chi connectivity index (χ3n) is 11.0. The van der Waals surface area contributed by atoms with Crippen LogP contribution in [0.3, 0.4) is 0 Å². The van der Waals surface area contributed by atoms with E-state index in [1.54, 1.807) is 0 Å². The summed E-state index contributed by atoms with van der Waals surface area (Å²) in [5.74, 6) is 6.82. The summed E-state index contributed by atoms with van der Waals surface area (Å²) >= 11 is 0. The summed E-state index contributed by atoms with van der Waals surface area (Å²) in [6.45, 7) is 0.0492. The van der Waals surface area contributed by atoms with Gasteiger partial charge in [0.15, 0.2) is 0 Å². The van der Waals surface area contributed by atoms with Crippen molar-refractivity contribution >= 4 is 34.0 Å². The van der Waals surface area contributed by atoms with Crippen molar-refractivity contribution < 1.29 is 14.2 Å². The van der Waals surface area contributed by atoms with E-state index in [-0.39, 0.29) is 6.71 Å². The second kappa shape index (κ2) is 9.63. The summed E-state index contributed by atoms with van der Waals surface area (Å²) in [5, 5.41) is 1.12. The highest BCUT2D eigenvalue weighted by Gasteiger charge is 2.48. The lowest BCUT2D eigenvalue weighted by atomic mass is 9.33. The molecule has 5 aromatic rings. The Morgan fingerprint density at radius 2 is 1.16 bits per heavy atom. The first-order valence-electron chi connectivity index (χ1n) is 16.7. The van der Waals surface area contributed by atoms with Gasteiger partial charge >= 0.3 is 0 Å². The van der Waals surface area contributed by atoms with Gasteiger partial charge in [-0.3, -0.25) is 4.98 Å². The molecule has 3 aliphatic heterocycles. The fourth-order valence-electron chi connectivity index (χ4n) is 8.87. The second-order valence-corrected chi connectivity index (χ2v) is 13.5. The van der Waals surface area contributed by atoms with Crippen LogP contribution in [0.15, 0.2) is 72.9 Å². The van der Waals surface area contributed by atoms with Crippen LogP contribution in [0.5, 0.6) is 34.5 Å². The average molecular weight is 576 g/mol. The number of rotatable bonds is 3. The van der Waals surface area contributed by atoms with Gasteiger partial charge in [-0.2, -0.15) is 0 Å². The molecule has 0 amide bonds. The molecule has 2 saturated carbocycles. The van der Waals surface area contributed by atoms with Crippen LogP contribution in [0.4, 0.5) is 0 Å². The molecule has 2 aliphatic carbocycles. The van der Waals surface area contributed by atoms with E-state index in [2.05, 4.69) is 65.6 Å². The smallest absolute Gasteiger partial charge is 0.270 e. The molecular weight excluding hydrogens is 541 g/mol. The van der Waals surface area contributed by atoms with Gasteiger partial charge in [-0.15, -0.1) is 0 Å². The Labute approximate surface area is 258 Å². The van der Waals surface area contributed by atoms with Gasteiger partial charge < -0.3 is 14.2 Å². The molecule has 10 rings (SSSR count). The minimum Gasteiger partial charge on any atom is -0.458 e. The summed E-state index contributed by atoms with van der Waals surface area (Å²) < 4.78 is 20.8. The lowest BCUT2D eigenvalue weighted by molar-refractivity contribution is 0.398. The Hall–Kier alpha value is -4.25. The Morgan fingerprint density at radius 3 is 1.77 bits per heavy atom. The van der Waals surface area contributed by atoms with E-state index in [0.29, 0.717) is 11.8 Å². The first kappa shape index (κ1) is 25.1. The van der Waals surface area contributed by atoms with Crippen molar-refractivity contribution in [3.63, 3.8) is 0 Å². The maximum absolute atomic E-state index is 7.19. The maximum atomic E-state index is 7.19. The number of aromatic nitrogens is 1. The third kappa shape index (κ3) is 3.68. The minimum atomic E-state index is 0.0492. The molecule has 4 heterocycles. The molecule has 44 heavy (non-hydrogen) atoms. The molecule has 0 N–H and O–H groups in total. The van der Waals surface area contributed by atoms with Gasteiger partial charge in [0.1, 0.15) is 34.5 Å². The van der Waals surface area contributed by atoms with Crippen molar-refractivity contribution in [3.05, 3.63) is 84.1 Å². The van der Waals surface area contributed by atoms with Crippen LogP contribution in [-0.4, -0.2) is 11.7 Å². The van der Waals surface area contributed by atoms with Crippen molar-refractivity contribution in [2.45, 2.75) is 76.0 Å². The highest BCUT2D eigenvalue weighted by molar-refractivity contribution is 6.99. The molecule has 5 aliphatic rings. The van der Waals surface area contributed by atoms with E-state index in [1.807, 2.05) is 12.3 Å². The third-order valence-corrected chi connectivity index (χ3v) is 11.0. The summed E-state index contributed by atoms with van der Waals surface area (Å²) in [7, 11) is 0. The average Bonchev–Trinajstić information content (AvgIpc) is 3.09. The lowest BCUT2D eigenvalue weighted by Crippen LogP contribution is -2.60. The molecular formula is C39H34BNO3. The first-order chi connectivity index (χ1) is 21.8. The van der Waals surface area contributed by atoms with Crippen molar-refractivity contribution in [1.29, 1.82) is 0 Å². The Bertz CT molecular complexity index is 1890. The van der Waals surface area contributed by atoms with E-state index in [1.165, 1.54) is 86.3 Å². The molecule has 0 atom stereocenters. The topological polar surface area (TPSA) is 40.6 Å². The molecule has 216 valence electrons. The molecule has 2 fully saturated rings. The monoisotopic (exact) mass is 575 g/mol. The predicted molar refractivity (Wildman–Crippen MR) is 177 cm³/mol. The van der Waals surface area contributed by atoms with E-state index in [9.17, 15) is 0 Å². The van der Waals surface area contributed by atoms with Crippen LogP contribution in [0.2, 0.25) is 0 Å². The van der Waals surface area contributed by atoms with Crippen LogP contribution in [0, 0.1) is 0 Å². The van der Waals surface area contributed by atoms with Crippen LogP contribution >= 0.6 is 0 Å². The number of hydrogen-bond donors (Lipinski definition) is 0. The van der Waals surface area contributed by atoms with Gasteiger partial charge in [-0.05, 0) is 102 Å². The summed E-state index contributed by atoms with van der Waals surface area (Å²) in [6, 6.07) is 24.0. The van der Waals surface area contributed by atoms with E-state index >= 15 is 0 Å². The molecule has 0 unspecified atom stereocenters. The zero-order chi connectivity index (χ0) is 28.8. The number of pyridine rings is 1. The Balaban J connectivity index is 1.19. The number of ether oxygens (including phenoxy) is 3. The quantitative estimate of drug-likeness (QED) is 0.198. The molecule has 1 aromatic heterocycles. The van der Waals surface area contributed by atoms with Crippen molar-refractivity contribution in [3.8, 4) is 45.6 Å². The number of fused-ring (bicyclic) bond motifs is 1. The van der Waals surface area contributed by atoms with Gasteiger partial charge in [-0.1, -0.05) is 62.8 Å². The summed E-state index contributed by atoms with van der Waals surface area (Å²) in [5.41, 5.74) is 9.49. The standard InChI is InChI=1S/C39H34BNO3/c1-3-8-23(9-4-1)28-14-17-31-36-38(28)44-39-29(24-10-5-2-6-11-24)15-18-32-37(39)40(36)35-33(42-31)21-27(22-34(35)43-32)25-13-16-30-26(20-25)12-7-19-41-30/h7,12-24H,1-6,8-11H2. The maximum Gasteiger partial charge on any atom is 0.270 e. The second-order valence-electron chi connectivity index (χ2n) is 13.5. The van der Waals surface area contributed by atoms with Crippen LogP contribution in [-0.2, 0) is 0 Å². The molecule has 0 spiro atoms. The normalized spacial score (nSPS) is 18.3. The number of benzene rings is 4. The number of hydrogen-bond acceptors (Lipinski definition) is 4. The molecule has 0 radical (unpaired) electrons. The van der Waals surface area contributed by atoms with E-state index < -0.39 is 0 Å². The van der Waals surface area contributed by atoms with Crippen molar-refractivity contribution in [2.75, 3.05) is 0 Å². The lowest BCUT2D eigenvalue weighted by Gasteiger charge is -2.40. The number of nitrogens with zero attached hydrogens (tertiary/aromatic N) is 1. The molecule has 0 saturated heterocycles. The van der Waals surface area contributed by atoms with Gasteiger partial charge in [0.05, 0.1) is 5.52 Å². The fraction of sp³-hybridized carbons (Fsp3) is 0.308. The van der Waals surface area contributed by atoms with Gasteiger partial charge in [0, 0.05) is 28.0 Å². The fourth-order valence-corrected chi connectivity index (χ4v) is 8.87. The largest absolute Gasteiger partial charge is 0.458 e. The molecule has 4 aromatic carbocycles. The van der Waals surface area contributed by atoms with Crippen molar-refractivity contribution in [2.24, 2.45) is 0 Å². The Kier molecular flexibility index (Phi) is 5.50. The first-order valence-corrected chi connectivity index (χ1v) is 16.7. The van der Waals surface area contributed by atoms with Gasteiger partial charge in [-0.25, -0.2) is 0 Å².